The number of nitrogens with zero attached hydrogens (tertiary/aromatic N) is 1. The van der Waals surface area contributed by atoms with Gasteiger partial charge in [-0.3, -0.25) is 0 Å². The highest BCUT2D eigenvalue weighted by Crippen LogP contribution is 2.34. The summed E-state index contributed by atoms with van der Waals surface area (Å²) in [5.74, 6) is 0.344. The molecular formula is C19H23NO6S2. The Kier molecular flexibility index (Phi) is 5.97. The average molecular weight is 426 g/mol. The van der Waals surface area contributed by atoms with E-state index < -0.39 is 25.9 Å². The van der Waals surface area contributed by atoms with E-state index in [1.54, 1.807) is 6.07 Å². The zero-order valence-electron chi connectivity index (χ0n) is 15.7. The van der Waals surface area contributed by atoms with Crippen molar-refractivity contribution in [2.24, 2.45) is 0 Å². The molecule has 28 heavy (non-hydrogen) atoms. The van der Waals surface area contributed by atoms with Gasteiger partial charge in [0.25, 0.3) is 0 Å². The standard InChI is InChI=1S/C19H23NO6S2/c1-25-17-8-9-18(26-2)19(12-17)28(23,24)20(13-15-6-4-3-5-7-15)16-10-11-27(21,22)14-16/h3-9,12,16H,10-11,13-14H2,1-2H3/t16-/m1/s1. The molecule has 0 unspecified atom stereocenters. The molecule has 7 nitrogen and oxygen atoms in total. The highest BCUT2D eigenvalue weighted by atomic mass is 32.2. The summed E-state index contributed by atoms with van der Waals surface area (Å²) in [6.45, 7) is 0.0731. The van der Waals surface area contributed by atoms with E-state index in [9.17, 15) is 16.8 Å². The molecule has 0 spiro atoms. The normalized spacial score (nSPS) is 18.9. The van der Waals surface area contributed by atoms with Crippen molar-refractivity contribution >= 4 is 19.9 Å². The molecule has 1 fully saturated rings. The van der Waals surface area contributed by atoms with Crippen molar-refractivity contribution in [2.75, 3.05) is 25.7 Å². The van der Waals surface area contributed by atoms with Crippen LogP contribution in [0, 0.1) is 0 Å². The lowest BCUT2D eigenvalue weighted by molar-refractivity contribution is 0.330. The molecule has 9 heteroatoms. The van der Waals surface area contributed by atoms with Crippen LogP contribution < -0.4 is 9.47 Å². The van der Waals surface area contributed by atoms with Crippen molar-refractivity contribution < 1.29 is 26.3 Å². The third-order valence-electron chi connectivity index (χ3n) is 4.75. The fourth-order valence-corrected chi connectivity index (χ4v) is 6.93. The van der Waals surface area contributed by atoms with Crippen molar-refractivity contribution in [1.82, 2.24) is 4.31 Å². The van der Waals surface area contributed by atoms with E-state index in [0.29, 0.717) is 5.75 Å². The highest BCUT2D eigenvalue weighted by molar-refractivity contribution is 7.92. The first-order valence-electron chi connectivity index (χ1n) is 8.75. The summed E-state index contributed by atoms with van der Waals surface area (Å²) in [7, 11) is -4.47. The molecule has 1 saturated heterocycles. The zero-order valence-corrected chi connectivity index (χ0v) is 17.4. The summed E-state index contributed by atoms with van der Waals surface area (Å²) in [6, 6.07) is 13.0. The average Bonchev–Trinajstić information content (AvgIpc) is 3.05. The largest absolute Gasteiger partial charge is 0.497 e. The molecular weight excluding hydrogens is 402 g/mol. The second-order valence-corrected chi connectivity index (χ2v) is 10.7. The molecule has 1 atom stereocenters. The minimum atomic E-state index is -4.04. The van der Waals surface area contributed by atoms with E-state index in [-0.39, 0.29) is 35.1 Å². The summed E-state index contributed by atoms with van der Waals surface area (Å²) >= 11 is 0. The van der Waals surface area contributed by atoms with Crippen LogP contribution in [0.4, 0.5) is 0 Å². The predicted octanol–water partition coefficient (Wildman–Crippen LogP) is 2.08. The topological polar surface area (TPSA) is 90.0 Å². The molecule has 1 aliphatic heterocycles. The first-order chi connectivity index (χ1) is 13.3. The van der Waals surface area contributed by atoms with Gasteiger partial charge in [-0.2, -0.15) is 4.31 Å². The molecule has 152 valence electrons. The maximum absolute atomic E-state index is 13.6. The maximum atomic E-state index is 13.6. The number of hydrogen-bond acceptors (Lipinski definition) is 6. The maximum Gasteiger partial charge on any atom is 0.247 e. The Labute approximate surface area is 165 Å². The Morgan fingerprint density at radius 1 is 1.07 bits per heavy atom. The summed E-state index contributed by atoms with van der Waals surface area (Å²) in [5, 5.41) is 0. The number of benzene rings is 2. The number of rotatable bonds is 7. The van der Waals surface area contributed by atoms with Gasteiger partial charge in [0.15, 0.2) is 9.84 Å². The quantitative estimate of drug-likeness (QED) is 0.675. The number of sulfonamides is 1. The lowest BCUT2D eigenvalue weighted by atomic mass is 10.2. The number of methoxy groups -OCH3 is 2. The molecule has 0 radical (unpaired) electrons. The molecule has 2 aromatic carbocycles. The van der Waals surface area contributed by atoms with Crippen LogP contribution in [-0.4, -0.2) is 52.9 Å². The smallest absolute Gasteiger partial charge is 0.247 e. The van der Waals surface area contributed by atoms with E-state index in [0.717, 1.165) is 5.56 Å². The highest BCUT2D eigenvalue weighted by Gasteiger charge is 2.40. The van der Waals surface area contributed by atoms with Crippen LogP contribution in [0.5, 0.6) is 11.5 Å². The van der Waals surface area contributed by atoms with Crippen molar-refractivity contribution in [1.29, 1.82) is 0 Å². The molecule has 3 rings (SSSR count). The predicted molar refractivity (Wildman–Crippen MR) is 106 cm³/mol. The van der Waals surface area contributed by atoms with Gasteiger partial charge in [0.2, 0.25) is 10.0 Å². The van der Waals surface area contributed by atoms with Gasteiger partial charge in [-0.15, -0.1) is 0 Å². The first-order valence-corrected chi connectivity index (χ1v) is 12.0. The Bertz CT molecular complexity index is 1040. The third kappa shape index (κ3) is 4.31. The summed E-state index contributed by atoms with van der Waals surface area (Å²) in [6.07, 6.45) is 0.265. The van der Waals surface area contributed by atoms with Gasteiger partial charge in [0.05, 0.1) is 25.7 Å². The molecule has 1 aliphatic rings. The van der Waals surface area contributed by atoms with E-state index in [1.807, 2.05) is 30.3 Å². The monoisotopic (exact) mass is 425 g/mol. The third-order valence-corrected chi connectivity index (χ3v) is 8.42. The van der Waals surface area contributed by atoms with Crippen molar-refractivity contribution in [3.63, 3.8) is 0 Å². The molecule has 0 bridgehead atoms. The Morgan fingerprint density at radius 2 is 1.79 bits per heavy atom. The lowest BCUT2D eigenvalue weighted by Gasteiger charge is -2.28. The summed E-state index contributed by atoms with van der Waals surface area (Å²) < 4.78 is 62.9. The SMILES string of the molecule is COc1ccc(OC)c(S(=O)(=O)N(Cc2ccccc2)[C@@H]2CCS(=O)(=O)C2)c1. The minimum absolute atomic E-state index is 0.0201. The van der Waals surface area contributed by atoms with Gasteiger partial charge < -0.3 is 9.47 Å². The fraction of sp³-hybridized carbons (Fsp3) is 0.368. The number of ether oxygens (including phenoxy) is 2. The van der Waals surface area contributed by atoms with Crippen molar-refractivity contribution in [3.05, 3.63) is 54.1 Å². The molecule has 0 saturated carbocycles. The Morgan fingerprint density at radius 3 is 2.36 bits per heavy atom. The molecule has 1 heterocycles. The first kappa shape index (κ1) is 20.6. The minimum Gasteiger partial charge on any atom is -0.497 e. The lowest BCUT2D eigenvalue weighted by Crippen LogP contribution is -2.40. The van der Waals surface area contributed by atoms with Gasteiger partial charge in [-0.1, -0.05) is 30.3 Å². The molecule has 0 N–H and O–H groups in total. The molecule has 2 aromatic rings. The van der Waals surface area contributed by atoms with Crippen molar-refractivity contribution in [2.45, 2.75) is 23.9 Å². The number of hydrogen-bond donors (Lipinski definition) is 0. The van der Waals surface area contributed by atoms with Gasteiger partial charge in [0.1, 0.15) is 16.4 Å². The summed E-state index contributed by atoms with van der Waals surface area (Å²) in [4.78, 5) is -0.0467. The molecule has 0 aromatic heterocycles. The Hall–Kier alpha value is -2.10. The van der Waals surface area contributed by atoms with Crippen LogP contribution in [0.15, 0.2) is 53.4 Å². The van der Waals surface area contributed by atoms with E-state index in [4.69, 9.17) is 9.47 Å². The fourth-order valence-electron chi connectivity index (χ4n) is 3.29. The second kappa shape index (κ2) is 8.10. The van der Waals surface area contributed by atoms with Crippen LogP contribution >= 0.6 is 0 Å². The zero-order chi connectivity index (χ0) is 20.4. The van der Waals surface area contributed by atoms with E-state index in [2.05, 4.69) is 0 Å². The molecule has 0 amide bonds. The van der Waals surface area contributed by atoms with Crippen LogP contribution in [0.1, 0.15) is 12.0 Å². The second-order valence-electron chi connectivity index (χ2n) is 6.61. The van der Waals surface area contributed by atoms with Crippen LogP contribution in [-0.2, 0) is 26.4 Å². The van der Waals surface area contributed by atoms with Gasteiger partial charge in [0, 0.05) is 18.7 Å². The van der Waals surface area contributed by atoms with E-state index >= 15 is 0 Å². The van der Waals surface area contributed by atoms with Gasteiger partial charge in [-0.05, 0) is 24.1 Å². The number of sulfone groups is 1. The molecule has 0 aliphatic carbocycles. The van der Waals surface area contributed by atoms with Crippen molar-refractivity contribution in [3.8, 4) is 11.5 Å². The van der Waals surface area contributed by atoms with Crippen LogP contribution in [0.2, 0.25) is 0 Å². The summed E-state index contributed by atoms with van der Waals surface area (Å²) in [5.41, 5.74) is 0.775. The van der Waals surface area contributed by atoms with Gasteiger partial charge >= 0.3 is 0 Å². The van der Waals surface area contributed by atoms with Crippen LogP contribution in [0.3, 0.4) is 0 Å². The Balaban J connectivity index is 2.08. The van der Waals surface area contributed by atoms with Gasteiger partial charge in [-0.25, -0.2) is 16.8 Å². The van der Waals surface area contributed by atoms with Crippen LogP contribution in [0.25, 0.3) is 0 Å². The van der Waals surface area contributed by atoms with E-state index in [1.165, 1.54) is 30.7 Å².